The van der Waals surface area contributed by atoms with Crippen LogP contribution >= 0.6 is 0 Å². The topological polar surface area (TPSA) is 26.3 Å². The first-order chi connectivity index (χ1) is 9.92. The van der Waals surface area contributed by atoms with Crippen LogP contribution in [0.1, 0.15) is 43.6 Å². The van der Waals surface area contributed by atoms with Crippen LogP contribution < -0.4 is 0 Å². The van der Waals surface area contributed by atoms with Gasteiger partial charge in [0.05, 0.1) is 12.2 Å². The summed E-state index contributed by atoms with van der Waals surface area (Å²) in [5.41, 5.74) is 1.61. The smallest absolute Gasteiger partial charge is 0.338 e. The molecule has 0 aliphatic rings. The first-order valence-electron chi connectivity index (χ1n) is 7.30. The number of fused-ring (bicyclic) bond motifs is 1. The Morgan fingerprint density at radius 2 is 1.86 bits per heavy atom. The lowest BCUT2D eigenvalue weighted by atomic mass is 9.92. The second-order valence-electron chi connectivity index (χ2n) is 6.17. The molecule has 0 spiro atoms. The van der Waals surface area contributed by atoms with Crippen LogP contribution in [-0.2, 0) is 4.74 Å². The van der Waals surface area contributed by atoms with E-state index < -0.39 is 0 Å². The van der Waals surface area contributed by atoms with E-state index in [-0.39, 0.29) is 11.4 Å². The molecule has 0 radical (unpaired) electrons. The van der Waals surface area contributed by atoms with E-state index in [1.165, 1.54) is 0 Å². The minimum Gasteiger partial charge on any atom is -0.462 e. The second kappa shape index (κ2) is 6.13. The van der Waals surface area contributed by atoms with Crippen molar-refractivity contribution in [3.05, 3.63) is 53.6 Å². The third kappa shape index (κ3) is 3.72. The van der Waals surface area contributed by atoms with Crippen LogP contribution in [0.4, 0.5) is 0 Å². The zero-order valence-electron chi connectivity index (χ0n) is 13.1. The Hall–Kier alpha value is -2.09. The quantitative estimate of drug-likeness (QED) is 0.734. The van der Waals surface area contributed by atoms with Crippen LogP contribution in [0.3, 0.4) is 0 Å². The first-order valence-corrected chi connectivity index (χ1v) is 7.30. The summed E-state index contributed by atoms with van der Waals surface area (Å²) < 4.78 is 5.18. The molecule has 2 nitrogen and oxygen atoms in total. The normalized spacial score (nSPS) is 12.0. The zero-order chi connectivity index (χ0) is 15.5. The fourth-order valence-corrected chi connectivity index (χ4v) is 2.20. The van der Waals surface area contributed by atoms with Gasteiger partial charge in [-0.25, -0.2) is 4.79 Å². The molecule has 0 bridgehead atoms. The van der Waals surface area contributed by atoms with Crippen molar-refractivity contribution in [2.75, 3.05) is 6.61 Å². The number of carbonyl (C=O) groups excluding carboxylic acids is 1. The number of benzene rings is 2. The predicted molar refractivity (Wildman–Crippen MR) is 88.4 cm³/mol. The maximum atomic E-state index is 12.2. The third-order valence-corrected chi connectivity index (χ3v) is 3.22. The van der Waals surface area contributed by atoms with Crippen LogP contribution in [0.15, 0.2) is 42.5 Å². The summed E-state index contributed by atoms with van der Waals surface area (Å²) in [6.45, 7) is 8.62. The van der Waals surface area contributed by atoms with E-state index in [4.69, 9.17) is 4.74 Å². The van der Waals surface area contributed by atoms with E-state index in [0.717, 1.165) is 16.3 Å². The number of carbonyl (C=O) groups is 1. The van der Waals surface area contributed by atoms with Crippen LogP contribution in [0.2, 0.25) is 0 Å². The van der Waals surface area contributed by atoms with Gasteiger partial charge in [0.2, 0.25) is 0 Å². The molecule has 2 heteroatoms. The van der Waals surface area contributed by atoms with E-state index >= 15 is 0 Å². The van der Waals surface area contributed by atoms with Gasteiger partial charge < -0.3 is 4.74 Å². The number of allylic oxidation sites excluding steroid dienone is 1. The van der Waals surface area contributed by atoms with Crippen molar-refractivity contribution in [1.29, 1.82) is 0 Å². The number of esters is 1. The summed E-state index contributed by atoms with van der Waals surface area (Å²) in [6, 6.07) is 11.9. The maximum absolute atomic E-state index is 12.2. The minimum absolute atomic E-state index is 0.0584. The summed E-state index contributed by atoms with van der Waals surface area (Å²) in [4.78, 5) is 12.2. The molecule has 0 saturated carbocycles. The zero-order valence-corrected chi connectivity index (χ0v) is 13.1. The average molecular weight is 282 g/mol. The molecule has 0 saturated heterocycles. The molecule has 0 fully saturated rings. The van der Waals surface area contributed by atoms with Gasteiger partial charge in [-0.05, 0) is 34.7 Å². The predicted octanol–water partition coefficient (Wildman–Crippen LogP) is 5.08. The highest BCUT2D eigenvalue weighted by molar-refractivity contribution is 6.02. The second-order valence-corrected chi connectivity index (χ2v) is 6.17. The summed E-state index contributed by atoms with van der Waals surface area (Å²) in [5, 5.41) is 2.20. The average Bonchev–Trinajstić information content (AvgIpc) is 2.43. The molecule has 2 aromatic rings. The van der Waals surface area contributed by atoms with Crippen molar-refractivity contribution in [2.45, 2.75) is 27.7 Å². The first kappa shape index (κ1) is 15.3. The molecular weight excluding hydrogens is 260 g/mol. The van der Waals surface area contributed by atoms with E-state index in [9.17, 15) is 4.79 Å². The number of hydrogen-bond donors (Lipinski definition) is 0. The van der Waals surface area contributed by atoms with Crippen molar-refractivity contribution in [3.8, 4) is 0 Å². The molecule has 0 aliphatic carbocycles. The Balaban J connectivity index is 2.63. The van der Waals surface area contributed by atoms with Crippen molar-refractivity contribution in [2.24, 2.45) is 5.41 Å². The SMILES string of the molecule is CCOC(=O)c1ccc2ccccc2c1/C=C/C(C)(C)C. The van der Waals surface area contributed by atoms with E-state index in [1.807, 2.05) is 43.3 Å². The number of ether oxygens (including phenoxy) is 1. The fourth-order valence-electron chi connectivity index (χ4n) is 2.20. The highest BCUT2D eigenvalue weighted by atomic mass is 16.5. The van der Waals surface area contributed by atoms with Gasteiger partial charge in [-0.15, -0.1) is 0 Å². The Bertz CT molecular complexity index is 676. The van der Waals surface area contributed by atoms with Crippen LogP contribution in [0.5, 0.6) is 0 Å². The van der Waals surface area contributed by atoms with Crippen molar-refractivity contribution in [3.63, 3.8) is 0 Å². The maximum Gasteiger partial charge on any atom is 0.338 e. The van der Waals surface area contributed by atoms with Crippen molar-refractivity contribution in [1.82, 2.24) is 0 Å². The number of rotatable bonds is 3. The van der Waals surface area contributed by atoms with Gasteiger partial charge in [0, 0.05) is 0 Å². The van der Waals surface area contributed by atoms with E-state index in [1.54, 1.807) is 0 Å². The monoisotopic (exact) mass is 282 g/mol. The third-order valence-electron chi connectivity index (χ3n) is 3.22. The highest BCUT2D eigenvalue weighted by Crippen LogP contribution is 2.26. The fraction of sp³-hybridized carbons (Fsp3) is 0.316. The van der Waals surface area contributed by atoms with Gasteiger partial charge in [0.25, 0.3) is 0 Å². The van der Waals surface area contributed by atoms with Crippen molar-refractivity contribution < 1.29 is 9.53 Å². The molecule has 110 valence electrons. The lowest BCUT2D eigenvalue weighted by molar-refractivity contribution is 0.0526. The Morgan fingerprint density at radius 3 is 2.52 bits per heavy atom. The van der Waals surface area contributed by atoms with Gasteiger partial charge in [0.1, 0.15) is 0 Å². The lowest BCUT2D eigenvalue weighted by Crippen LogP contribution is -2.07. The molecule has 21 heavy (non-hydrogen) atoms. The highest BCUT2D eigenvalue weighted by Gasteiger charge is 2.14. The van der Waals surface area contributed by atoms with Gasteiger partial charge >= 0.3 is 5.97 Å². The standard InChI is InChI=1S/C19H22O2/c1-5-21-18(20)17-11-10-14-8-6-7-9-15(14)16(17)12-13-19(2,3)4/h6-13H,5H2,1-4H3/b13-12+. The van der Waals surface area contributed by atoms with Crippen LogP contribution in [0, 0.1) is 5.41 Å². The largest absolute Gasteiger partial charge is 0.462 e. The molecule has 0 atom stereocenters. The molecule has 0 N–H and O–H groups in total. The van der Waals surface area contributed by atoms with Crippen LogP contribution in [0.25, 0.3) is 16.8 Å². The minimum atomic E-state index is -0.267. The van der Waals surface area contributed by atoms with E-state index in [2.05, 4.69) is 32.9 Å². The summed E-state index contributed by atoms with van der Waals surface area (Å²) in [7, 11) is 0. The molecule has 2 aromatic carbocycles. The van der Waals surface area contributed by atoms with Crippen molar-refractivity contribution >= 4 is 22.8 Å². The van der Waals surface area contributed by atoms with Gasteiger partial charge in [0.15, 0.2) is 0 Å². The van der Waals surface area contributed by atoms with Gasteiger partial charge in [-0.3, -0.25) is 0 Å². The molecule has 0 amide bonds. The summed E-state index contributed by atoms with van der Waals surface area (Å²) in [5.74, 6) is -0.267. The Morgan fingerprint density at radius 1 is 1.14 bits per heavy atom. The lowest BCUT2D eigenvalue weighted by Gasteiger charge is -2.14. The van der Waals surface area contributed by atoms with E-state index in [0.29, 0.717) is 12.2 Å². The molecular formula is C19H22O2. The molecule has 0 heterocycles. The molecule has 0 unspecified atom stereocenters. The van der Waals surface area contributed by atoms with Gasteiger partial charge in [-0.1, -0.05) is 63.3 Å². The Kier molecular flexibility index (Phi) is 4.46. The van der Waals surface area contributed by atoms with Gasteiger partial charge in [-0.2, -0.15) is 0 Å². The number of hydrogen-bond acceptors (Lipinski definition) is 2. The molecule has 0 aliphatic heterocycles. The van der Waals surface area contributed by atoms with Crippen LogP contribution in [-0.4, -0.2) is 12.6 Å². The summed E-state index contributed by atoms with van der Waals surface area (Å²) >= 11 is 0. The Labute approximate surface area is 126 Å². The molecule has 2 rings (SSSR count). The summed E-state index contributed by atoms with van der Waals surface area (Å²) in [6.07, 6.45) is 4.16. The molecule has 0 aromatic heterocycles.